The second kappa shape index (κ2) is 9.19. The Morgan fingerprint density at radius 3 is 2.84 bits per heavy atom. The van der Waals surface area contributed by atoms with E-state index in [1.54, 1.807) is 23.5 Å². The van der Waals surface area contributed by atoms with Crippen LogP contribution in [0.1, 0.15) is 22.9 Å². The van der Waals surface area contributed by atoms with Gasteiger partial charge >= 0.3 is 6.03 Å². The van der Waals surface area contributed by atoms with E-state index in [2.05, 4.69) is 30.6 Å². The minimum absolute atomic E-state index is 0.0716. The van der Waals surface area contributed by atoms with Crippen molar-refractivity contribution in [3.63, 3.8) is 0 Å². The van der Waals surface area contributed by atoms with Crippen LogP contribution >= 0.6 is 11.6 Å². The fourth-order valence-electron chi connectivity index (χ4n) is 3.23. The SMILES string of the molecule is O=C(NC(CO)c1ccc(F)c(Cl)c1)N1CCc2cnc(Nc3cncnc3)nc2C1. The third-order valence-electron chi connectivity index (χ3n) is 4.88. The van der Waals surface area contributed by atoms with Gasteiger partial charge in [0, 0.05) is 12.7 Å². The van der Waals surface area contributed by atoms with Crippen LogP contribution in [0.2, 0.25) is 5.02 Å². The number of aliphatic hydroxyl groups excluding tert-OH is 1. The molecule has 1 aliphatic heterocycles. The highest BCUT2D eigenvalue weighted by atomic mass is 35.5. The summed E-state index contributed by atoms with van der Waals surface area (Å²) in [5, 5.41) is 15.4. The van der Waals surface area contributed by atoms with Gasteiger partial charge in [-0.15, -0.1) is 0 Å². The number of halogens is 2. The van der Waals surface area contributed by atoms with Crippen molar-refractivity contribution in [2.24, 2.45) is 0 Å². The second-order valence-corrected chi connectivity index (χ2v) is 7.35. The molecule has 3 aromatic rings. The Bertz CT molecular complexity index is 1090. The van der Waals surface area contributed by atoms with Crippen LogP contribution in [0.25, 0.3) is 0 Å². The van der Waals surface area contributed by atoms with Crippen molar-refractivity contribution in [3.8, 4) is 0 Å². The van der Waals surface area contributed by atoms with Crippen molar-refractivity contribution in [3.05, 3.63) is 70.8 Å². The topological polar surface area (TPSA) is 116 Å². The maximum absolute atomic E-state index is 13.4. The lowest BCUT2D eigenvalue weighted by Gasteiger charge is -2.30. The van der Waals surface area contributed by atoms with E-state index in [0.29, 0.717) is 30.2 Å². The number of aromatic nitrogens is 4. The molecule has 1 aliphatic rings. The van der Waals surface area contributed by atoms with Crippen molar-refractivity contribution in [1.82, 2.24) is 30.2 Å². The van der Waals surface area contributed by atoms with Crippen molar-refractivity contribution in [2.75, 3.05) is 18.5 Å². The minimum atomic E-state index is -0.715. The molecule has 4 rings (SSSR count). The molecule has 0 bridgehead atoms. The molecule has 9 nitrogen and oxygen atoms in total. The highest BCUT2D eigenvalue weighted by Crippen LogP contribution is 2.23. The fraction of sp³-hybridized carbons (Fsp3) is 0.250. The van der Waals surface area contributed by atoms with Crippen LogP contribution in [-0.4, -0.2) is 49.1 Å². The van der Waals surface area contributed by atoms with Gasteiger partial charge in [0.1, 0.15) is 12.1 Å². The monoisotopic (exact) mass is 443 g/mol. The van der Waals surface area contributed by atoms with Crippen molar-refractivity contribution < 1.29 is 14.3 Å². The average molecular weight is 444 g/mol. The first-order valence-electron chi connectivity index (χ1n) is 9.51. The summed E-state index contributed by atoms with van der Waals surface area (Å²) < 4.78 is 13.4. The smallest absolute Gasteiger partial charge is 0.318 e. The van der Waals surface area contributed by atoms with Gasteiger partial charge in [0.05, 0.1) is 48.0 Å². The Balaban J connectivity index is 1.45. The number of rotatable bonds is 5. The lowest BCUT2D eigenvalue weighted by atomic mass is 10.1. The van der Waals surface area contributed by atoms with Gasteiger partial charge in [-0.3, -0.25) is 0 Å². The largest absolute Gasteiger partial charge is 0.394 e. The molecule has 2 amide bonds. The van der Waals surface area contributed by atoms with E-state index in [0.717, 1.165) is 11.3 Å². The van der Waals surface area contributed by atoms with Crippen LogP contribution in [0, 0.1) is 5.82 Å². The zero-order valence-corrected chi connectivity index (χ0v) is 17.1. The molecule has 31 heavy (non-hydrogen) atoms. The number of hydrogen-bond donors (Lipinski definition) is 3. The second-order valence-electron chi connectivity index (χ2n) is 6.95. The van der Waals surface area contributed by atoms with Gasteiger partial charge in [0.25, 0.3) is 0 Å². The summed E-state index contributed by atoms with van der Waals surface area (Å²) in [6.07, 6.45) is 6.97. The molecule has 0 fully saturated rings. The molecule has 2 aromatic heterocycles. The average Bonchev–Trinajstić information content (AvgIpc) is 2.79. The van der Waals surface area contributed by atoms with E-state index in [-0.39, 0.29) is 24.2 Å². The van der Waals surface area contributed by atoms with Crippen LogP contribution in [0.5, 0.6) is 0 Å². The predicted octanol–water partition coefficient (Wildman–Crippen LogP) is 2.60. The summed E-state index contributed by atoms with van der Waals surface area (Å²) in [6.45, 7) is 0.406. The Hall–Kier alpha value is -3.37. The molecule has 0 saturated heterocycles. The highest BCUT2D eigenvalue weighted by molar-refractivity contribution is 6.30. The molecule has 0 saturated carbocycles. The number of carbonyl (C=O) groups is 1. The summed E-state index contributed by atoms with van der Waals surface area (Å²) in [5.41, 5.74) is 2.85. The molecule has 3 heterocycles. The normalized spacial score (nSPS) is 14.0. The van der Waals surface area contributed by atoms with Gasteiger partial charge in [-0.2, -0.15) is 0 Å². The third-order valence-corrected chi connectivity index (χ3v) is 5.17. The van der Waals surface area contributed by atoms with Crippen molar-refractivity contribution in [2.45, 2.75) is 19.0 Å². The molecule has 1 aromatic carbocycles. The van der Waals surface area contributed by atoms with E-state index in [1.165, 1.54) is 24.5 Å². The van der Waals surface area contributed by atoms with Gasteiger partial charge in [-0.25, -0.2) is 29.1 Å². The zero-order valence-electron chi connectivity index (χ0n) is 16.3. The maximum atomic E-state index is 13.4. The Morgan fingerprint density at radius 2 is 2.10 bits per heavy atom. The van der Waals surface area contributed by atoms with E-state index < -0.39 is 11.9 Å². The van der Waals surface area contributed by atoms with Gasteiger partial charge in [0.2, 0.25) is 5.95 Å². The number of urea groups is 1. The standard InChI is InChI=1S/C20H19ClFN7O2/c21-15-5-12(1-2-16(15)22)18(10-30)28-20(31)29-4-3-13-6-25-19(27-17(13)9-29)26-14-7-23-11-24-8-14/h1-2,5-8,11,18,30H,3-4,9-10H2,(H,28,31)(H,25,26,27). The number of amides is 2. The summed E-state index contributed by atoms with van der Waals surface area (Å²) in [7, 11) is 0. The fourth-order valence-corrected chi connectivity index (χ4v) is 3.42. The van der Waals surface area contributed by atoms with Crippen LogP contribution in [0.15, 0.2) is 43.1 Å². The molecule has 0 aliphatic carbocycles. The molecular formula is C20H19ClFN7O2. The van der Waals surface area contributed by atoms with Gasteiger partial charge in [0.15, 0.2) is 0 Å². The lowest BCUT2D eigenvalue weighted by Crippen LogP contribution is -2.45. The molecule has 1 atom stereocenters. The zero-order chi connectivity index (χ0) is 21.8. The molecule has 0 spiro atoms. The van der Waals surface area contributed by atoms with Gasteiger partial charge in [-0.05, 0) is 29.7 Å². The number of anilines is 2. The number of nitrogens with one attached hydrogen (secondary N) is 2. The number of aliphatic hydroxyl groups is 1. The summed E-state index contributed by atoms with van der Waals surface area (Å²) >= 11 is 5.82. The third kappa shape index (κ3) is 4.86. The lowest BCUT2D eigenvalue weighted by molar-refractivity contribution is 0.176. The predicted molar refractivity (Wildman–Crippen MR) is 111 cm³/mol. The van der Waals surface area contributed by atoms with E-state index >= 15 is 0 Å². The Kier molecular flexibility index (Phi) is 6.19. The van der Waals surface area contributed by atoms with Crippen LogP contribution in [0.3, 0.4) is 0 Å². The molecular weight excluding hydrogens is 425 g/mol. The molecule has 1 unspecified atom stereocenters. The maximum Gasteiger partial charge on any atom is 0.318 e. The quantitative estimate of drug-likeness (QED) is 0.555. The van der Waals surface area contributed by atoms with Crippen molar-refractivity contribution >= 4 is 29.3 Å². The number of carbonyl (C=O) groups excluding carboxylic acids is 1. The van der Waals surface area contributed by atoms with Crippen LogP contribution in [0.4, 0.5) is 20.8 Å². The first kappa shape index (κ1) is 20.9. The number of fused-ring (bicyclic) bond motifs is 1. The molecule has 0 radical (unpaired) electrons. The minimum Gasteiger partial charge on any atom is -0.394 e. The van der Waals surface area contributed by atoms with E-state index in [9.17, 15) is 14.3 Å². The van der Waals surface area contributed by atoms with Crippen molar-refractivity contribution in [1.29, 1.82) is 0 Å². The molecule has 11 heteroatoms. The van der Waals surface area contributed by atoms with Gasteiger partial charge < -0.3 is 20.6 Å². The number of hydrogen-bond acceptors (Lipinski definition) is 7. The summed E-state index contributed by atoms with van der Waals surface area (Å²) in [5.74, 6) is -0.183. The number of nitrogens with zero attached hydrogens (tertiary/aromatic N) is 5. The van der Waals surface area contributed by atoms with E-state index in [4.69, 9.17) is 11.6 Å². The van der Waals surface area contributed by atoms with Gasteiger partial charge in [-0.1, -0.05) is 17.7 Å². The Labute approximate surface area is 182 Å². The molecule has 3 N–H and O–H groups in total. The first-order valence-corrected chi connectivity index (χ1v) is 9.89. The number of benzene rings is 1. The summed E-state index contributed by atoms with van der Waals surface area (Å²) in [4.78, 5) is 31.1. The summed E-state index contributed by atoms with van der Waals surface area (Å²) in [6, 6.07) is 2.99. The van der Waals surface area contributed by atoms with Crippen LogP contribution < -0.4 is 10.6 Å². The van der Waals surface area contributed by atoms with Crippen LogP contribution in [-0.2, 0) is 13.0 Å². The first-order chi connectivity index (χ1) is 15.0. The Morgan fingerprint density at radius 1 is 1.29 bits per heavy atom. The highest BCUT2D eigenvalue weighted by Gasteiger charge is 2.25. The molecule has 160 valence electrons. The van der Waals surface area contributed by atoms with E-state index in [1.807, 2.05) is 0 Å².